The van der Waals surface area contributed by atoms with E-state index >= 15 is 0 Å². The maximum absolute atomic E-state index is 13.5. The molecule has 6 rings (SSSR count). The van der Waals surface area contributed by atoms with Crippen molar-refractivity contribution in [1.82, 2.24) is 19.6 Å². The number of aromatic nitrogens is 3. The summed E-state index contributed by atoms with van der Waals surface area (Å²) >= 11 is 0. The summed E-state index contributed by atoms with van der Waals surface area (Å²) in [5, 5.41) is 8.09. The lowest BCUT2D eigenvalue weighted by Crippen LogP contribution is -2.55. The molecule has 1 amide bonds. The number of carbonyl (C=O) groups is 1. The zero-order chi connectivity index (χ0) is 28.8. The predicted octanol–water partition coefficient (Wildman–Crippen LogP) is 6.29. The molecule has 0 aliphatic carbocycles. The first-order valence-corrected chi connectivity index (χ1v) is 14.1. The van der Waals surface area contributed by atoms with E-state index in [-0.39, 0.29) is 5.91 Å². The minimum atomic E-state index is -0.114. The average Bonchev–Trinajstić information content (AvgIpc) is 3.54. The summed E-state index contributed by atoms with van der Waals surface area (Å²) in [4.78, 5) is 22.7. The second kappa shape index (κ2) is 10.5. The zero-order valence-electron chi connectivity index (χ0n) is 24.5. The van der Waals surface area contributed by atoms with Gasteiger partial charge in [0.05, 0.1) is 5.56 Å². The van der Waals surface area contributed by atoms with Gasteiger partial charge in [-0.05, 0) is 80.9 Å². The van der Waals surface area contributed by atoms with Crippen LogP contribution in [0.1, 0.15) is 35.7 Å². The summed E-state index contributed by atoms with van der Waals surface area (Å²) in [7, 11) is 4.18. The molecule has 1 saturated heterocycles. The molecule has 3 heterocycles. The number of fused-ring (bicyclic) bond motifs is 1. The minimum Gasteiger partial charge on any atom is -0.368 e. The van der Waals surface area contributed by atoms with E-state index in [9.17, 15) is 4.79 Å². The van der Waals surface area contributed by atoms with Crippen LogP contribution in [0.3, 0.4) is 0 Å². The number of likely N-dealkylation sites (N-methyl/N-ethyl adjacent to an activating group) is 1. The monoisotopic (exact) mass is 548 g/mol. The van der Waals surface area contributed by atoms with Crippen molar-refractivity contribution in [3.05, 3.63) is 83.9 Å². The fraction of sp³-hybridized carbons (Fsp3) is 0.303. The van der Waals surface area contributed by atoms with Gasteiger partial charge in [-0.1, -0.05) is 29.4 Å². The Morgan fingerprint density at radius 3 is 2.29 bits per heavy atom. The van der Waals surface area contributed by atoms with Crippen LogP contribution in [0.25, 0.3) is 33.4 Å². The molecule has 0 unspecified atom stereocenters. The van der Waals surface area contributed by atoms with E-state index in [0.29, 0.717) is 29.4 Å². The Bertz CT molecular complexity index is 1720. The first-order chi connectivity index (χ1) is 19.7. The number of anilines is 2. The molecule has 0 bridgehead atoms. The Morgan fingerprint density at radius 1 is 0.927 bits per heavy atom. The van der Waals surface area contributed by atoms with E-state index in [0.717, 1.165) is 57.6 Å². The molecule has 8 nitrogen and oxygen atoms in total. The van der Waals surface area contributed by atoms with Crippen molar-refractivity contribution < 1.29 is 9.32 Å². The van der Waals surface area contributed by atoms with E-state index in [4.69, 9.17) is 4.52 Å². The van der Waals surface area contributed by atoms with Gasteiger partial charge in [0.2, 0.25) is 11.7 Å². The number of hydrogen-bond donors (Lipinski definition) is 1. The van der Waals surface area contributed by atoms with E-state index < -0.39 is 0 Å². The second-order valence-corrected chi connectivity index (χ2v) is 11.3. The van der Waals surface area contributed by atoms with Gasteiger partial charge in [-0.25, -0.2) is 0 Å². The molecule has 8 heteroatoms. The molecule has 0 saturated carbocycles. The highest BCUT2D eigenvalue weighted by molar-refractivity contribution is 6.13. The number of piperazine rings is 1. The third-order valence-corrected chi connectivity index (χ3v) is 8.41. The van der Waals surface area contributed by atoms with Crippen molar-refractivity contribution in [3.63, 3.8) is 0 Å². The van der Waals surface area contributed by atoms with Crippen LogP contribution in [0.4, 0.5) is 11.4 Å². The van der Waals surface area contributed by atoms with Crippen LogP contribution in [-0.4, -0.2) is 57.7 Å². The van der Waals surface area contributed by atoms with Gasteiger partial charge in [0.1, 0.15) is 0 Å². The number of benzene rings is 3. The summed E-state index contributed by atoms with van der Waals surface area (Å²) in [5.41, 5.74) is 7.84. The molecule has 2 atom stereocenters. The summed E-state index contributed by atoms with van der Waals surface area (Å²) in [5.74, 6) is 1.02. The van der Waals surface area contributed by atoms with Gasteiger partial charge < -0.3 is 19.3 Å². The zero-order valence-corrected chi connectivity index (χ0v) is 24.5. The maximum Gasteiger partial charge on any atom is 0.257 e. The van der Waals surface area contributed by atoms with Crippen LogP contribution in [0, 0.1) is 13.8 Å². The number of aryl methyl sites for hydroxylation is 3. The molecular weight excluding hydrogens is 512 g/mol. The van der Waals surface area contributed by atoms with Crippen molar-refractivity contribution in [2.24, 2.45) is 7.05 Å². The van der Waals surface area contributed by atoms with Crippen molar-refractivity contribution in [1.29, 1.82) is 0 Å². The lowest BCUT2D eigenvalue weighted by Gasteiger charge is -2.43. The lowest BCUT2D eigenvalue weighted by molar-refractivity contribution is 0.102. The van der Waals surface area contributed by atoms with Crippen molar-refractivity contribution in [2.75, 3.05) is 30.4 Å². The van der Waals surface area contributed by atoms with Crippen LogP contribution < -0.4 is 10.2 Å². The minimum absolute atomic E-state index is 0.114. The summed E-state index contributed by atoms with van der Waals surface area (Å²) in [6.45, 7) is 10.3. The first kappa shape index (κ1) is 26.8. The van der Waals surface area contributed by atoms with Gasteiger partial charge in [-0.2, -0.15) is 4.98 Å². The van der Waals surface area contributed by atoms with Gasteiger partial charge in [0.25, 0.3) is 5.91 Å². The van der Waals surface area contributed by atoms with Gasteiger partial charge in [-0.3, -0.25) is 9.69 Å². The van der Waals surface area contributed by atoms with E-state index in [1.54, 1.807) is 6.92 Å². The van der Waals surface area contributed by atoms with E-state index in [1.807, 2.05) is 48.1 Å². The van der Waals surface area contributed by atoms with Crippen molar-refractivity contribution in [2.45, 2.75) is 39.8 Å². The van der Waals surface area contributed by atoms with Crippen molar-refractivity contribution >= 4 is 28.2 Å². The van der Waals surface area contributed by atoms with Crippen LogP contribution in [0.2, 0.25) is 0 Å². The lowest BCUT2D eigenvalue weighted by atomic mass is 9.98. The third kappa shape index (κ3) is 5.11. The number of nitrogens with zero attached hydrogens (tertiary/aromatic N) is 5. The van der Waals surface area contributed by atoms with E-state index in [2.05, 4.69) is 83.4 Å². The number of nitrogens with one attached hydrogen (secondary N) is 1. The number of hydrogen-bond acceptors (Lipinski definition) is 6. The second-order valence-electron chi connectivity index (χ2n) is 11.3. The molecule has 41 heavy (non-hydrogen) atoms. The van der Waals surface area contributed by atoms with Gasteiger partial charge >= 0.3 is 0 Å². The highest BCUT2D eigenvalue weighted by Gasteiger charge is 2.27. The van der Waals surface area contributed by atoms with Gasteiger partial charge in [0, 0.05) is 73.2 Å². The molecule has 0 spiro atoms. The Morgan fingerprint density at radius 2 is 1.63 bits per heavy atom. The molecule has 0 radical (unpaired) electrons. The van der Waals surface area contributed by atoms with Gasteiger partial charge in [0.15, 0.2) is 0 Å². The molecule has 3 aromatic carbocycles. The smallest absolute Gasteiger partial charge is 0.257 e. The first-order valence-electron chi connectivity index (χ1n) is 14.1. The topological polar surface area (TPSA) is 79.4 Å². The van der Waals surface area contributed by atoms with Crippen LogP contribution in [0.5, 0.6) is 0 Å². The van der Waals surface area contributed by atoms with Gasteiger partial charge in [-0.15, -0.1) is 0 Å². The predicted molar refractivity (Wildman–Crippen MR) is 164 cm³/mol. The van der Waals surface area contributed by atoms with Crippen LogP contribution in [-0.2, 0) is 7.05 Å². The molecular formula is C33H36N6O2. The number of amides is 1. The fourth-order valence-corrected chi connectivity index (χ4v) is 5.85. The molecule has 2 aromatic heterocycles. The summed E-state index contributed by atoms with van der Waals surface area (Å²) in [6, 6.07) is 21.5. The Kier molecular flexibility index (Phi) is 6.87. The Labute approximate surface area is 240 Å². The highest BCUT2D eigenvalue weighted by Crippen LogP contribution is 2.31. The largest absolute Gasteiger partial charge is 0.368 e. The van der Waals surface area contributed by atoms with Crippen molar-refractivity contribution in [3.8, 4) is 22.5 Å². The SMILES string of the molecule is Cc1nc(-c2ccc(-c3ccc(NC(=O)c4cn(C)c5ccc(N6C[C@@H](C)N(C)[C@@H](C)C6)cc45)cc3)c(C)c2)no1. The van der Waals surface area contributed by atoms with Crippen LogP contribution >= 0.6 is 0 Å². The normalized spacial score (nSPS) is 17.8. The number of rotatable bonds is 5. The summed E-state index contributed by atoms with van der Waals surface area (Å²) < 4.78 is 7.14. The Hall–Kier alpha value is -4.43. The molecule has 1 aliphatic rings. The molecule has 1 fully saturated rings. The summed E-state index contributed by atoms with van der Waals surface area (Å²) in [6.07, 6.45) is 1.92. The molecule has 1 N–H and O–H groups in total. The standard InChI is InChI=1S/C33H36N6O2/c1-20-15-25(32-34-23(4)41-36-32)9-13-28(20)24-7-10-26(11-8-24)35-33(40)30-19-37(5)31-14-12-27(16-29(30)31)39-17-21(2)38(6)22(3)18-39/h7-16,19,21-22H,17-18H2,1-6H3,(H,35,40)/t21-,22+. The maximum atomic E-state index is 13.5. The molecule has 5 aromatic rings. The quantitative estimate of drug-likeness (QED) is 0.278. The fourth-order valence-electron chi connectivity index (χ4n) is 5.85. The average molecular weight is 549 g/mol. The molecule has 1 aliphatic heterocycles. The molecule has 210 valence electrons. The number of carbonyl (C=O) groups excluding carboxylic acids is 1. The Balaban J connectivity index is 1.21. The van der Waals surface area contributed by atoms with E-state index in [1.165, 1.54) is 0 Å². The third-order valence-electron chi connectivity index (χ3n) is 8.41. The highest BCUT2D eigenvalue weighted by atomic mass is 16.5. The van der Waals surface area contributed by atoms with Crippen LogP contribution in [0.15, 0.2) is 71.4 Å².